The zero-order chi connectivity index (χ0) is 16.2. The minimum atomic E-state index is -3.88. The van der Waals surface area contributed by atoms with Crippen LogP contribution in [0, 0.1) is 6.92 Å². The number of hydrogen-bond acceptors (Lipinski definition) is 5. The Hall–Kier alpha value is -1.44. The molecule has 2 rings (SSSR count). The van der Waals surface area contributed by atoms with Crippen molar-refractivity contribution in [3.63, 3.8) is 0 Å². The van der Waals surface area contributed by atoms with Crippen LogP contribution in [0.15, 0.2) is 29.2 Å². The maximum atomic E-state index is 12.2. The fraction of sp³-hybridized carbons (Fsp3) is 0.533. The van der Waals surface area contributed by atoms with Gasteiger partial charge in [-0.1, -0.05) is 18.2 Å². The second kappa shape index (κ2) is 7.21. The van der Waals surface area contributed by atoms with Gasteiger partial charge in [0.25, 0.3) is 15.9 Å². The van der Waals surface area contributed by atoms with E-state index in [-0.39, 0.29) is 11.0 Å². The standard InChI is InChI=1S/C15H21NO5S/c1-11-6-3-4-8-14(11)22(18,19)16-15(17)12(2)21-10-13-7-5-9-20-13/h3-4,6,8,12-13H,5,7,9-10H2,1-2H3,(H,16,17)/t12-,13+/m0/s1. The second-order valence-corrected chi connectivity index (χ2v) is 7.00. The van der Waals surface area contributed by atoms with Crippen LogP contribution >= 0.6 is 0 Å². The fourth-order valence-electron chi connectivity index (χ4n) is 2.23. The molecule has 0 bridgehead atoms. The summed E-state index contributed by atoms with van der Waals surface area (Å²) in [6, 6.07) is 6.49. The number of hydrogen-bond donors (Lipinski definition) is 1. The van der Waals surface area contributed by atoms with Crippen molar-refractivity contribution in [2.24, 2.45) is 0 Å². The molecule has 1 aliphatic heterocycles. The number of aryl methyl sites for hydroxylation is 1. The Morgan fingerprint density at radius 2 is 2.18 bits per heavy atom. The smallest absolute Gasteiger partial charge is 0.264 e. The molecule has 1 fully saturated rings. The Balaban J connectivity index is 1.93. The molecule has 1 aliphatic rings. The van der Waals surface area contributed by atoms with E-state index in [1.165, 1.54) is 13.0 Å². The first-order chi connectivity index (χ1) is 10.4. The highest BCUT2D eigenvalue weighted by atomic mass is 32.2. The van der Waals surface area contributed by atoms with Gasteiger partial charge in [-0.25, -0.2) is 13.1 Å². The molecule has 122 valence electrons. The molecule has 22 heavy (non-hydrogen) atoms. The molecular formula is C15H21NO5S. The third-order valence-electron chi connectivity index (χ3n) is 3.54. The van der Waals surface area contributed by atoms with E-state index in [1.54, 1.807) is 25.1 Å². The summed E-state index contributed by atoms with van der Waals surface area (Å²) in [5.41, 5.74) is 0.579. The van der Waals surface area contributed by atoms with E-state index in [0.29, 0.717) is 18.8 Å². The molecule has 0 aliphatic carbocycles. The van der Waals surface area contributed by atoms with Gasteiger partial charge < -0.3 is 9.47 Å². The van der Waals surface area contributed by atoms with Gasteiger partial charge in [-0.15, -0.1) is 0 Å². The van der Waals surface area contributed by atoms with Gasteiger partial charge in [-0.05, 0) is 38.3 Å². The highest BCUT2D eigenvalue weighted by molar-refractivity contribution is 7.90. The highest BCUT2D eigenvalue weighted by Gasteiger charge is 2.25. The fourth-order valence-corrected chi connectivity index (χ4v) is 3.52. The molecule has 1 aromatic carbocycles. The number of ether oxygens (including phenoxy) is 2. The molecule has 1 N–H and O–H groups in total. The van der Waals surface area contributed by atoms with Crippen molar-refractivity contribution in [3.8, 4) is 0 Å². The van der Waals surface area contributed by atoms with Gasteiger partial charge in [-0.2, -0.15) is 0 Å². The molecule has 1 amide bonds. The van der Waals surface area contributed by atoms with Crippen molar-refractivity contribution >= 4 is 15.9 Å². The van der Waals surface area contributed by atoms with Crippen molar-refractivity contribution in [3.05, 3.63) is 29.8 Å². The van der Waals surface area contributed by atoms with Gasteiger partial charge in [0.1, 0.15) is 6.10 Å². The molecule has 6 nitrogen and oxygen atoms in total. The summed E-state index contributed by atoms with van der Waals surface area (Å²) in [5, 5.41) is 0. The first-order valence-corrected chi connectivity index (χ1v) is 8.74. The quantitative estimate of drug-likeness (QED) is 0.854. The molecule has 7 heteroatoms. The van der Waals surface area contributed by atoms with Gasteiger partial charge in [0, 0.05) is 6.61 Å². The molecule has 0 aromatic heterocycles. The average molecular weight is 327 g/mol. The Kier molecular flexibility index (Phi) is 5.55. The maximum absolute atomic E-state index is 12.2. The Labute approximate surface area is 130 Å². The molecule has 1 aromatic rings. The van der Waals surface area contributed by atoms with Gasteiger partial charge in [0.05, 0.1) is 17.6 Å². The first-order valence-electron chi connectivity index (χ1n) is 7.25. The van der Waals surface area contributed by atoms with Crippen LogP contribution in [-0.4, -0.2) is 39.7 Å². The number of sulfonamides is 1. The van der Waals surface area contributed by atoms with Crippen molar-refractivity contribution in [1.82, 2.24) is 4.72 Å². The SMILES string of the molecule is Cc1ccccc1S(=O)(=O)NC(=O)[C@H](C)OC[C@H]1CCCO1. The van der Waals surface area contributed by atoms with E-state index in [0.717, 1.165) is 12.8 Å². The first kappa shape index (κ1) is 16.9. The monoisotopic (exact) mass is 327 g/mol. The van der Waals surface area contributed by atoms with Crippen LogP contribution < -0.4 is 4.72 Å². The van der Waals surface area contributed by atoms with Crippen LogP contribution in [0.25, 0.3) is 0 Å². The molecule has 1 heterocycles. The van der Waals surface area contributed by atoms with Gasteiger partial charge in [0.15, 0.2) is 0 Å². The average Bonchev–Trinajstić information content (AvgIpc) is 2.97. The van der Waals surface area contributed by atoms with Gasteiger partial charge in [0.2, 0.25) is 0 Å². The largest absolute Gasteiger partial charge is 0.376 e. The number of carbonyl (C=O) groups excluding carboxylic acids is 1. The molecule has 0 radical (unpaired) electrons. The lowest BCUT2D eigenvalue weighted by molar-refractivity contribution is -0.131. The number of rotatable bonds is 6. The Morgan fingerprint density at radius 3 is 2.82 bits per heavy atom. The maximum Gasteiger partial charge on any atom is 0.264 e. The number of carbonyl (C=O) groups is 1. The van der Waals surface area contributed by atoms with E-state index in [4.69, 9.17) is 9.47 Å². The van der Waals surface area contributed by atoms with Gasteiger partial charge in [-0.3, -0.25) is 4.79 Å². The van der Waals surface area contributed by atoms with E-state index in [1.807, 2.05) is 0 Å². The van der Waals surface area contributed by atoms with Gasteiger partial charge >= 0.3 is 0 Å². The van der Waals surface area contributed by atoms with E-state index < -0.39 is 22.0 Å². The second-order valence-electron chi connectivity index (χ2n) is 5.35. The third kappa shape index (κ3) is 4.28. The molecule has 0 spiro atoms. The molecule has 0 unspecified atom stereocenters. The van der Waals surface area contributed by atoms with Crippen molar-refractivity contribution < 1.29 is 22.7 Å². The topological polar surface area (TPSA) is 81.7 Å². The minimum Gasteiger partial charge on any atom is -0.376 e. The summed E-state index contributed by atoms with van der Waals surface area (Å²) in [7, 11) is -3.88. The third-order valence-corrected chi connectivity index (χ3v) is 5.05. The Morgan fingerprint density at radius 1 is 1.45 bits per heavy atom. The lowest BCUT2D eigenvalue weighted by atomic mass is 10.2. The summed E-state index contributed by atoms with van der Waals surface area (Å²) in [5.74, 6) is -0.679. The molecule has 0 saturated carbocycles. The van der Waals surface area contributed by atoms with E-state index in [2.05, 4.69) is 4.72 Å². The summed E-state index contributed by atoms with van der Waals surface area (Å²) in [6.07, 6.45) is 1.01. The molecular weight excluding hydrogens is 306 g/mol. The zero-order valence-electron chi connectivity index (χ0n) is 12.7. The zero-order valence-corrected chi connectivity index (χ0v) is 13.6. The normalized spacial score (nSPS) is 19.8. The number of nitrogens with one attached hydrogen (secondary N) is 1. The summed E-state index contributed by atoms with van der Waals surface area (Å²) in [6.45, 7) is 4.20. The molecule has 2 atom stereocenters. The summed E-state index contributed by atoms with van der Waals surface area (Å²) >= 11 is 0. The van der Waals surface area contributed by atoms with Crippen molar-refractivity contribution in [2.45, 2.75) is 43.8 Å². The van der Waals surface area contributed by atoms with Crippen molar-refractivity contribution in [1.29, 1.82) is 0 Å². The molecule has 1 saturated heterocycles. The number of amides is 1. The summed E-state index contributed by atoms with van der Waals surface area (Å²) in [4.78, 5) is 12.1. The van der Waals surface area contributed by atoms with Crippen LogP contribution in [-0.2, 0) is 24.3 Å². The Bertz CT molecular complexity index is 623. The van der Waals surface area contributed by atoms with Crippen LogP contribution in [0.2, 0.25) is 0 Å². The summed E-state index contributed by atoms with van der Waals surface area (Å²) < 4.78 is 37.3. The lowest BCUT2D eigenvalue weighted by Gasteiger charge is -2.16. The predicted molar refractivity (Wildman–Crippen MR) is 80.9 cm³/mol. The van der Waals surface area contributed by atoms with Crippen LogP contribution in [0.1, 0.15) is 25.3 Å². The van der Waals surface area contributed by atoms with Crippen LogP contribution in [0.4, 0.5) is 0 Å². The van der Waals surface area contributed by atoms with Crippen molar-refractivity contribution in [2.75, 3.05) is 13.2 Å². The van der Waals surface area contributed by atoms with E-state index in [9.17, 15) is 13.2 Å². The van der Waals surface area contributed by atoms with Crippen LogP contribution in [0.5, 0.6) is 0 Å². The highest BCUT2D eigenvalue weighted by Crippen LogP contribution is 2.15. The number of benzene rings is 1. The minimum absolute atomic E-state index is 0.0109. The lowest BCUT2D eigenvalue weighted by Crippen LogP contribution is -2.39. The predicted octanol–water partition coefficient (Wildman–Crippen LogP) is 1.38. The van der Waals surface area contributed by atoms with Crippen LogP contribution in [0.3, 0.4) is 0 Å². The van der Waals surface area contributed by atoms with E-state index >= 15 is 0 Å².